The van der Waals surface area contributed by atoms with Crippen molar-refractivity contribution in [2.24, 2.45) is 5.73 Å². The average Bonchev–Trinajstić information content (AvgIpc) is 2.47. The normalized spacial score (nSPS) is 11.9. The molecule has 3 heteroatoms. The molecule has 1 aromatic rings. The van der Waals surface area contributed by atoms with Crippen LogP contribution in [0.5, 0.6) is 5.75 Å². The van der Waals surface area contributed by atoms with Gasteiger partial charge in [-0.1, -0.05) is 38.8 Å². The van der Waals surface area contributed by atoms with Crippen molar-refractivity contribution in [1.29, 1.82) is 0 Å². The number of rotatable bonds is 9. The van der Waals surface area contributed by atoms with Crippen LogP contribution in [-0.2, 0) is 6.54 Å². The van der Waals surface area contributed by atoms with E-state index in [2.05, 4.69) is 37.9 Å². The Morgan fingerprint density at radius 1 is 1.20 bits per heavy atom. The molecule has 20 heavy (non-hydrogen) atoms. The molecule has 0 aliphatic heterocycles. The molecule has 0 bridgehead atoms. The molecule has 0 aliphatic carbocycles. The summed E-state index contributed by atoms with van der Waals surface area (Å²) in [5, 5.41) is 0. The van der Waals surface area contributed by atoms with Gasteiger partial charge in [0.2, 0.25) is 0 Å². The summed E-state index contributed by atoms with van der Waals surface area (Å²) in [7, 11) is 3.90. The predicted molar refractivity (Wildman–Crippen MR) is 86.1 cm³/mol. The van der Waals surface area contributed by atoms with Crippen LogP contribution in [0.15, 0.2) is 24.3 Å². The van der Waals surface area contributed by atoms with Crippen LogP contribution in [0.1, 0.15) is 45.1 Å². The van der Waals surface area contributed by atoms with Gasteiger partial charge in [0, 0.05) is 18.6 Å². The van der Waals surface area contributed by atoms with Gasteiger partial charge in [0.25, 0.3) is 0 Å². The van der Waals surface area contributed by atoms with Crippen molar-refractivity contribution in [2.75, 3.05) is 20.7 Å². The fourth-order valence-corrected chi connectivity index (χ4v) is 3.01. The molecular weight excluding hydrogens is 248 g/mol. The van der Waals surface area contributed by atoms with E-state index in [1.807, 2.05) is 12.1 Å². The first-order chi connectivity index (χ1) is 9.61. The van der Waals surface area contributed by atoms with Crippen molar-refractivity contribution in [3.05, 3.63) is 29.8 Å². The molecule has 0 spiro atoms. The topological polar surface area (TPSA) is 38.5 Å². The molecule has 0 aliphatic rings. The van der Waals surface area contributed by atoms with Gasteiger partial charge >= 0.3 is 0 Å². The van der Waals surface area contributed by atoms with Crippen LogP contribution < -0.4 is 10.5 Å². The molecule has 2 N–H and O–H groups in total. The highest BCUT2D eigenvalue weighted by Crippen LogP contribution is 2.27. The molecule has 0 amide bonds. The Morgan fingerprint density at radius 3 is 2.35 bits per heavy atom. The van der Waals surface area contributed by atoms with Gasteiger partial charge in [0.15, 0.2) is 0 Å². The Bertz CT molecular complexity index is 386. The summed E-state index contributed by atoms with van der Waals surface area (Å²) in [6.45, 7) is 6.10. The molecule has 0 radical (unpaired) electrons. The van der Waals surface area contributed by atoms with Crippen LogP contribution in [0.2, 0.25) is 0 Å². The second-order valence-electron chi connectivity index (χ2n) is 5.64. The van der Waals surface area contributed by atoms with E-state index in [-0.39, 0.29) is 5.54 Å². The number of ether oxygens (including phenoxy) is 1. The summed E-state index contributed by atoms with van der Waals surface area (Å²) >= 11 is 0. The fourth-order valence-electron chi connectivity index (χ4n) is 3.01. The molecule has 1 aromatic carbocycles. The number of likely N-dealkylation sites (N-methyl/N-ethyl adjacent to an activating group) is 1. The highest BCUT2D eigenvalue weighted by atomic mass is 16.5. The number of hydrogen-bond acceptors (Lipinski definition) is 3. The summed E-state index contributed by atoms with van der Waals surface area (Å²) in [6, 6.07) is 8.29. The smallest absolute Gasteiger partial charge is 0.119 e. The van der Waals surface area contributed by atoms with E-state index < -0.39 is 0 Å². The number of nitrogens with two attached hydrogens (primary N) is 1. The fraction of sp³-hybridized carbons (Fsp3) is 0.647. The van der Waals surface area contributed by atoms with Crippen molar-refractivity contribution >= 4 is 0 Å². The van der Waals surface area contributed by atoms with E-state index in [1.54, 1.807) is 7.11 Å². The Hall–Kier alpha value is -1.06. The first-order valence-electron chi connectivity index (χ1n) is 7.66. The minimum absolute atomic E-state index is 0.118. The lowest BCUT2D eigenvalue weighted by Crippen LogP contribution is -2.51. The van der Waals surface area contributed by atoms with Crippen molar-refractivity contribution < 1.29 is 4.74 Å². The van der Waals surface area contributed by atoms with E-state index in [4.69, 9.17) is 10.5 Å². The van der Waals surface area contributed by atoms with Gasteiger partial charge in [-0.3, -0.25) is 4.90 Å². The Balaban J connectivity index is 2.86. The summed E-state index contributed by atoms with van der Waals surface area (Å²) in [4.78, 5) is 2.43. The van der Waals surface area contributed by atoms with Gasteiger partial charge in [0.05, 0.1) is 7.11 Å². The zero-order valence-corrected chi connectivity index (χ0v) is 13.5. The molecule has 3 nitrogen and oxygen atoms in total. The van der Waals surface area contributed by atoms with Crippen molar-refractivity contribution in [2.45, 2.75) is 51.6 Å². The number of hydrogen-bond donors (Lipinski definition) is 1. The number of methoxy groups -OCH3 is 1. The number of benzene rings is 1. The SMILES string of the molecule is CCCC(CN)(CCC)N(C)Cc1cccc(OC)c1. The summed E-state index contributed by atoms with van der Waals surface area (Å²) in [6.07, 6.45) is 4.63. The molecule has 0 aromatic heterocycles. The average molecular weight is 278 g/mol. The van der Waals surface area contributed by atoms with Gasteiger partial charge in [-0.05, 0) is 37.6 Å². The van der Waals surface area contributed by atoms with Crippen molar-refractivity contribution in [3.63, 3.8) is 0 Å². The molecule has 0 saturated carbocycles. The summed E-state index contributed by atoms with van der Waals surface area (Å²) in [5.74, 6) is 0.917. The highest BCUT2D eigenvalue weighted by molar-refractivity contribution is 5.28. The second kappa shape index (κ2) is 8.28. The Morgan fingerprint density at radius 2 is 1.85 bits per heavy atom. The van der Waals surface area contributed by atoms with Crippen molar-refractivity contribution in [1.82, 2.24) is 4.90 Å². The summed E-state index contributed by atoms with van der Waals surface area (Å²) in [5.41, 5.74) is 7.52. The molecule has 0 atom stereocenters. The van der Waals surface area contributed by atoms with Crippen LogP contribution in [0.3, 0.4) is 0 Å². The van der Waals surface area contributed by atoms with Gasteiger partial charge in [0.1, 0.15) is 5.75 Å². The molecule has 0 saturated heterocycles. The van der Waals surface area contributed by atoms with E-state index in [0.717, 1.165) is 31.7 Å². The third kappa shape index (κ3) is 4.22. The zero-order valence-electron chi connectivity index (χ0n) is 13.5. The lowest BCUT2D eigenvalue weighted by atomic mass is 9.86. The molecule has 0 heterocycles. The third-order valence-corrected chi connectivity index (χ3v) is 4.17. The van der Waals surface area contributed by atoms with Gasteiger partial charge in [-0.15, -0.1) is 0 Å². The first-order valence-corrected chi connectivity index (χ1v) is 7.66. The molecule has 1 rings (SSSR count). The maximum Gasteiger partial charge on any atom is 0.119 e. The minimum Gasteiger partial charge on any atom is -0.497 e. The first kappa shape index (κ1) is 17.0. The highest BCUT2D eigenvalue weighted by Gasteiger charge is 2.31. The van der Waals surface area contributed by atoms with Crippen LogP contribution >= 0.6 is 0 Å². The second-order valence-corrected chi connectivity index (χ2v) is 5.64. The molecular formula is C17H30N2O. The standard InChI is InChI=1S/C17H30N2O/c1-5-10-17(14-18,11-6-2)19(3)13-15-8-7-9-16(12-15)20-4/h7-9,12H,5-6,10-11,13-14,18H2,1-4H3. The summed E-state index contributed by atoms with van der Waals surface area (Å²) < 4.78 is 5.30. The van der Waals surface area contributed by atoms with Gasteiger partial charge < -0.3 is 10.5 Å². The van der Waals surface area contributed by atoms with E-state index in [0.29, 0.717) is 0 Å². The predicted octanol–water partition coefficient (Wildman–Crippen LogP) is 3.42. The van der Waals surface area contributed by atoms with E-state index in [9.17, 15) is 0 Å². The maximum atomic E-state index is 6.12. The van der Waals surface area contributed by atoms with Crippen LogP contribution in [0.25, 0.3) is 0 Å². The van der Waals surface area contributed by atoms with E-state index in [1.165, 1.54) is 18.4 Å². The van der Waals surface area contributed by atoms with E-state index >= 15 is 0 Å². The Labute approximate surface area is 124 Å². The largest absolute Gasteiger partial charge is 0.497 e. The lowest BCUT2D eigenvalue weighted by Gasteiger charge is -2.41. The molecule has 0 unspecified atom stereocenters. The van der Waals surface area contributed by atoms with Crippen molar-refractivity contribution in [3.8, 4) is 5.75 Å². The molecule has 0 fully saturated rings. The van der Waals surface area contributed by atoms with Crippen LogP contribution in [0.4, 0.5) is 0 Å². The van der Waals surface area contributed by atoms with Crippen LogP contribution in [0, 0.1) is 0 Å². The molecule has 114 valence electrons. The zero-order chi connectivity index (χ0) is 15.0. The number of nitrogens with zero attached hydrogens (tertiary/aromatic N) is 1. The monoisotopic (exact) mass is 278 g/mol. The van der Waals surface area contributed by atoms with Gasteiger partial charge in [-0.2, -0.15) is 0 Å². The third-order valence-electron chi connectivity index (χ3n) is 4.17. The minimum atomic E-state index is 0.118. The van der Waals surface area contributed by atoms with Gasteiger partial charge in [-0.25, -0.2) is 0 Å². The quantitative estimate of drug-likeness (QED) is 0.752. The van der Waals surface area contributed by atoms with Crippen LogP contribution in [-0.4, -0.2) is 31.1 Å². The Kier molecular flexibility index (Phi) is 7.03. The maximum absolute atomic E-state index is 6.12. The lowest BCUT2D eigenvalue weighted by molar-refractivity contribution is 0.0955.